The summed E-state index contributed by atoms with van der Waals surface area (Å²) in [6.45, 7) is 0.500. The first-order chi connectivity index (χ1) is 16.0. The minimum atomic E-state index is -1.09. The molecule has 0 radical (unpaired) electrons. The van der Waals surface area contributed by atoms with E-state index < -0.39 is 12.6 Å². The van der Waals surface area contributed by atoms with Gasteiger partial charge in [0.15, 0.2) is 0 Å². The Morgan fingerprint density at radius 2 is 1.82 bits per heavy atom. The smallest absolute Gasteiger partial charge is 0.344 e. The average molecular weight is 483 g/mol. The van der Waals surface area contributed by atoms with Gasteiger partial charge < -0.3 is 19.2 Å². The predicted octanol–water partition coefficient (Wildman–Crippen LogP) is 6.01. The Labute approximate surface area is 200 Å². The van der Waals surface area contributed by atoms with Gasteiger partial charge >= 0.3 is 5.97 Å². The van der Waals surface area contributed by atoms with Crippen LogP contribution in [0.25, 0.3) is 10.9 Å². The number of aromatic nitrogens is 1. The quantitative estimate of drug-likeness (QED) is 0.234. The fourth-order valence-electron chi connectivity index (χ4n) is 3.39. The lowest BCUT2D eigenvalue weighted by Gasteiger charge is -2.09. The monoisotopic (exact) mass is 482 g/mol. The first kappa shape index (κ1) is 22.7. The summed E-state index contributed by atoms with van der Waals surface area (Å²) >= 11 is 12.1. The summed E-state index contributed by atoms with van der Waals surface area (Å²) in [6.07, 6.45) is 3.46. The summed E-state index contributed by atoms with van der Waals surface area (Å²) in [6, 6.07) is 21.3. The summed E-state index contributed by atoms with van der Waals surface area (Å²) in [4.78, 5) is 15.5. The van der Waals surface area contributed by atoms with E-state index in [1.165, 1.54) is 6.21 Å². The number of carboxylic acids is 1. The fourth-order valence-corrected chi connectivity index (χ4v) is 3.71. The highest BCUT2D eigenvalue weighted by Gasteiger charge is 2.10. The lowest BCUT2D eigenvalue weighted by molar-refractivity contribution is -0.142. The third-order valence-electron chi connectivity index (χ3n) is 4.92. The standard InChI is InChI=1S/C25H20Cl2N2O4/c26-22-8-6-18(10-23(22)27)15-32-20-7-9-24-21(11-20)19(12-28-33-16-25(30)31)14-29(24)13-17-4-2-1-3-5-17/h1-12,14H,13,15-16H2,(H,30,31). The van der Waals surface area contributed by atoms with Gasteiger partial charge in [0.1, 0.15) is 12.4 Å². The predicted molar refractivity (Wildman–Crippen MR) is 129 cm³/mol. The molecule has 0 atom stereocenters. The van der Waals surface area contributed by atoms with E-state index >= 15 is 0 Å². The van der Waals surface area contributed by atoms with Crippen LogP contribution in [0.1, 0.15) is 16.7 Å². The third-order valence-corrected chi connectivity index (χ3v) is 5.66. The van der Waals surface area contributed by atoms with E-state index in [0.29, 0.717) is 28.9 Å². The molecule has 4 aromatic rings. The number of benzene rings is 3. The minimum absolute atomic E-state index is 0.332. The Morgan fingerprint density at radius 1 is 1.00 bits per heavy atom. The van der Waals surface area contributed by atoms with Crippen molar-refractivity contribution in [2.75, 3.05) is 6.61 Å². The van der Waals surface area contributed by atoms with Crippen LogP contribution in [0.4, 0.5) is 0 Å². The number of ether oxygens (including phenoxy) is 1. The highest BCUT2D eigenvalue weighted by Crippen LogP contribution is 2.28. The molecular formula is C25H20Cl2N2O4. The van der Waals surface area contributed by atoms with E-state index in [-0.39, 0.29) is 0 Å². The molecule has 0 fully saturated rings. The van der Waals surface area contributed by atoms with Crippen molar-refractivity contribution in [2.24, 2.45) is 5.16 Å². The Kier molecular flexibility index (Phi) is 7.17. The largest absolute Gasteiger partial charge is 0.489 e. The third kappa shape index (κ3) is 5.86. The van der Waals surface area contributed by atoms with Crippen molar-refractivity contribution in [1.29, 1.82) is 0 Å². The number of nitrogens with zero attached hydrogens (tertiary/aromatic N) is 2. The Bertz CT molecular complexity index is 1300. The van der Waals surface area contributed by atoms with Crippen LogP contribution in [-0.4, -0.2) is 28.5 Å². The van der Waals surface area contributed by atoms with E-state index in [1.807, 2.05) is 48.7 Å². The topological polar surface area (TPSA) is 73.0 Å². The molecule has 0 aliphatic rings. The number of hydrogen-bond donors (Lipinski definition) is 1. The molecule has 1 N–H and O–H groups in total. The van der Waals surface area contributed by atoms with Crippen LogP contribution in [0, 0.1) is 0 Å². The van der Waals surface area contributed by atoms with Gasteiger partial charge in [0.25, 0.3) is 0 Å². The van der Waals surface area contributed by atoms with Crippen LogP contribution in [-0.2, 0) is 22.8 Å². The number of aliphatic carboxylic acids is 1. The highest BCUT2D eigenvalue weighted by atomic mass is 35.5. The number of rotatable bonds is 9. The lowest BCUT2D eigenvalue weighted by Crippen LogP contribution is -2.03. The molecule has 168 valence electrons. The molecule has 8 heteroatoms. The van der Waals surface area contributed by atoms with Crippen LogP contribution in [0.3, 0.4) is 0 Å². The number of hydrogen-bond acceptors (Lipinski definition) is 4. The van der Waals surface area contributed by atoms with Crippen LogP contribution in [0.2, 0.25) is 10.0 Å². The van der Waals surface area contributed by atoms with Gasteiger partial charge in [-0.3, -0.25) is 0 Å². The van der Waals surface area contributed by atoms with E-state index in [1.54, 1.807) is 12.1 Å². The second-order valence-corrected chi connectivity index (χ2v) is 8.13. The van der Waals surface area contributed by atoms with Crippen LogP contribution < -0.4 is 4.74 Å². The molecule has 0 bridgehead atoms. The van der Waals surface area contributed by atoms with E-state index in [4.69, 9.17) is 37.9 Å². The van der Waals surface area contributed by atoms with E-state index in [9.17, 15) is 4.79 Å². The van der Waals surface area contributed by atoms with Gasteiger partial charge in [0.05, 0.1) is 16.3 Å². The molecule has 4 rings (SSSR count). The van der Waals surface area contributed by atoms with Crippen LogP contribution in [0.15, 0.2) is 78.1 Å². The maximum atomic E-state index is 10.7. The average Bonchev–Trinajstić information content (AvgIpc) is 3.14. The molecule has 33 heavy (non-hydrogen) atoms. The van der Waals surface area contributed by atoms with Gasteiger partial charge in [0.2, 0.25) is 6.61 Å². The molecule has 6 nitrogen and oxygen atoms in total. The van der Waals surface area contributed by atoms with Crippen molar-refractivity contribution in [3.05, 3.63) is 99.7 Å². The molecule has 3 aromatic carbocycles. The van der Waals surface area contributed by atoms with Gasteiger partial charge in [-0.25, -0.2) is 4.79 Å². The van der Waals surface area contributed by atoms with Gasteiger partial charge in [-0.2, -0.15) is 0 Å². The van der Waals surface area contributed by atoms with Crippen LogP contribution in [0.5, 0.6) is 5.75 Å². The van der Waals surface area contributed by atoms with Crippen LogP contribution >= 0.6 is 23.2 Å². The number of halogens is 2. The molecule has 0 spiro atoms. The van der Waals surface area contributed by atoms with Crippen molar-refractivity contribution in [2.45, 2.75) is 13.2 Å². The Balaban J connectivity index is 1.61. The molecule has 0 saturated heterocycles. The minimum Gasteiger partial charge on any atom is -0.489 e. The first-order valence-electron chi connectivity index (χ1n) is 10.1. The second kappa shape index (κ2) is 10.4. The summed E-state index contributed by atoms with van der Waals surface area (Å²) in [5.74, 6) is -0.413. The second-order valence-electron chi connectivity index (χ2n) is 7.32. The molecule has 0 unspecified atom stereocenters. The van der Waals surface area contributed by atoms with Gasteiger partial charge in [-0.05, 0) is 41.5 Å². The highest BCUT2D eigenvalue weighted by molar-refractivity contribution is 6.42. The lowest BCUT2D eigenvalue weighted by atomic mass is 10.2. The van der Waals surface area contributed by atoms with Crippen molar-refractivity contribution in [1.82, 2.24) is 4.57 Å². The first-order valence-corrected chi connectivity index (χ1v) is 10.9. The number of carboxylic acid groups (broad SMARTS) is 1. The molecule has 0 aliphatic carbocycles. The van der Waals surface area contributed by atoms with Crippen molar-refractivity contribution < 1.29 is 19.5 Å². The maximum absolute atomic E-state index is 10.7. The Morgan fingerprint density at radius 3 is 2.58 bits per heavy atom. The number of oxime groups is 1. The molecule has 1 aromatic heterocycles. The number of fused-ring (bicyclic) bond motifs is 1. The van der Waals surface area contributed by atoms with Crippen molar-refractivity contribution in [3.63, 3.8) is 0 Å². The van der Waals surface area contributed by atoms with Crippen molar-refractivity contribution >= 4 is 46.3 Å². The molecule has 0 amide bonds. The van der Waals surface area contributed by atoms with Gasteiger partial charge in [-0.1, -0.05) is 64.8 Å². The summed E-state index contributed by atoms with van der Waals surface area (Å²) < 4.78 is 8.07. The summed E-state index contributed by atoms with van der Waals surface area (Å²) in [7, 11) is 0. The maximum Gasteiger partial charge on any atom is 0.344 e. The van der Waals surface area contributed by atoms with Gasteiger partial charge in [0, 0.05) is 29.2 Å². The zero-order valence-electron chi connectivity index (χ0n) is 17.4. The van der Waals surface area contributed by atoms with Gasteiger partial charge in [-0.15, -0.1) is 0 Å². The fraction of sp³-hybridized carbons (Fsp3) is 0.120. The summed E-state index contributed by atoms with van der Waals surface area (Å²) in [5, 5.41) is 14.4. The van der Waals surface area contributed by atoms with E-state index in [2.05, 4.69) is 21.9 Å². The molecule has 0 aliphatic heterocycles. The van der Waals surface area contributed by atoms with E-state index in [0.717, 1.165) is 27.6 Å². The Hall–Kier alpha value is -3.48. The number of carbonyl (C=O) groups is 1. The summed E-state index contributed by atoms with van der Waals surface area (Å²) in [5.41, 5.74) is 3.82. The molecular weight excluding hydrogens is 463 g/mol. The SMILES string of the molecule is O=C(O)CON=Cc1cn(Cc2ccccc2)c2ccc(OCc3ccc(Cl)c(Cl)c3)cc12. The molecule has 0 saturated carbocycles. The normalized spacial score (nSPS) is 11.2. The zero-order valence-corrected chi connectivity index (χ0v) is 19.0. The van der Waals surface area contributed by atoms with Crippen molar-refractivity contribution in [3.8, 4) is 5.75 Å². The molecule has 1 heterocycles. The zero-order chi connectivity index (χ0) is 23.2.